The highest BCUT2D eigenvalue weighted by Gasteiger charge is 2.20. The predicted octanol–water partition coefficient (Wildman–Crippen LogP) is 3.52. The highest BCUT2D eigenvalue weighted by molar-refractivity contribution is 6.19. The number of carbonyl (C=O) groups excluding carboxylic acids is 1. The van der Waals surface area contributed by atoms with E-state index in [1.165, 1.54) is 0 Å². The molecule has 0 atom stereocenters. The van der Waals surface area contributed by atoms with Crippen molar-refractivity contribution >= 4 is 45.5 Å². The minimum absolute atomic E-state index is 0.197. The average molecular weight is 544 g/mol. The van der Waals surface area contributed by atoms with Crippen molar-refractivity contribution < 1.29 is 9.53 Å². The number of hydrogen-bond acceptors (Lipinski definition) is 9. The molecule has 210 valence electrons. The van der Waals surface area contributed by atoms with Crippen molar-refractivity contribution in [2.75, 3.05) is 70.1 Å². The minimum atomic E-state index is -0.602. The molecule has 0 aliphatic rings. The number of aromatic nitrogens is 4. The van der Waals surface area contributed by atoms with Crippen LogP contribution in [0.1, 0.15) is 12.5 Å². The first-order valence-electron chi connectivity index (χ1n) is 13.0. The molecule has 0 saturated heterocycles. The van der Waals surface area contributed by atoms with Gasteiger partial charge in [-0.25, -0.2) is 9.67 Å². The van der Waals surface area contributed by atoms with Crippen LogP contribution in [0, 0.1) is 0 Å². The summed E-state index contributed by atoms with van der Waals surface area (Å²) in [5.41, 5.74) is 8.71. The second-order valence-electron chi connectivity index (χ2n) is 9.77. The van der Waals surface area contributed by atoms with Crippen molar-refractivity contribution in [1.82, 2.24) is 24.6 Å². The summed E-state index contributed by atoms with van der Waals surface area (Å²) in [7, 11) is 9.57. The van der Waals surface area contributed by atoms with Crippen LogP contribution in [-0.2, 0) is 4.79 Å². The molecule has 2 heterocycles. The Balaban J connectivity index is 1.75. The van der Waals surface area contributed by atoms with Gasteiger partial charge in [-0.1, -0.05) is 18.7 Å². The van der Waals surface area contributed by atoms with Gasteiger partial charge in [0.2, 0.25) is 11.9 Å². The molecule has 0 unspecified atom stereocenters. The van der Waals surface area contributed by atoms with Crippen LogP contribution < -0.4 is 25.6 Å². The fourth-order valence-electron chi connectivity index (χ4n) is 4.30. The third-order valence-electron chi connectivity index (χ3n) is 6.74. The van der Waals surface area contributed by atoms with Gasteiger partial charge in [0.1, 0.15) is 5.75 Å². The van der Waals surface area contributed by atoms with E-state index in [1.54, 1.807) is 25.4 Å². The Labute approximate surface area is 234 Å². The summed E-state index contributed by atoms with van der Waals surface area (Å²) in [6.07, 6.45) is 1.67. The Morgan fingerprint density at radius 3 is 2.52 bits per heavy atom. The van der Waals surface area contributed by atoms with Gasteiger partial charge >= 0.3 is 0 Å². The zero-order valence-corrected chi connectivity index (χ0v) is 24.0. The molecule has 0 radical (unpaired) electrons. The molecule has 11 nitrogen and oxygen atoms in total. The van der Waals surface area contributed by atoms with Gasteiger partial charge in [-0.05, 0) is 39.2 Å². The third-order valence-corrected chi connectivity index (χ3v) is 6.74. The summed E-state index contributed by atoms with van der Waals surface area (Å²) in [4.78, 5) is 27.6. The highest BCUT2D eigenvalue weighted by Crippen LogP contribution is 2.37. The van der Waals surface area contributed by atoms with Crippen LogP contribution in [0.3, 0.4) is 0 Å². The number of carbonyl (C=O) groups is 1. The monoisotopic (exact) mass is 543 g/mol. The van der Waals surface area contributed by atoms with Crippen molar-refractivity contribution in [3.05, 3.63) is 60.8 Å². The maximum Gasteiger partial charge on any atom is 0.248 e. The molecule has 2 aromatic heterocycles. The molecule has 4 rings (SSSR count). The largest absolute Gasteiger partial charge is 0.494 e. The molecular weight excluding hydrogens is 506 g/mol. The summed E-state index contributed by atoms with van der Waals surface area (Å²) in [6, 6.07) is 13.5. The summed E-state index contributed by atoms with van der Waals surface area (Å²) in [6.45, 7) is 8.39. The number of rotatable bonds is 12. The molecule has 0 aliphatic carbocycles. The van der Waals surface area contributed by atoms with Crippen molar-refractivity contribution in [2.45, 2.75) is 6.92 Å². The standard InChI is InChI=1S/C29H37N9O2/c1-8-36(5)28-20-11-9-10-12-23(20)38(34-28)26-13-14-31-29(33-26)32-22-17-21(19(2)27(30)39)24(18-25(22)40-7)37(6)16-15-35(3)4/h9-14,17-18H,2,8,15-16H2,1,3-7H3,(H2,30,39)(H,31,32,33). The lowest BCUT2D eigenvalue weighted by molar-refractivity contribution is -0.112. The minimum Gasteiger partial charge on any atom is -0.494 e. The van der Waals surface area contributed by atoms with Crippen LogP contribution in [0.4, 0.5) is 23.1 Å². The molecule has 0 spiro atoms. The van der Waals surface area contributed by atoms with Crippen LogP contribution >= 0.6 is 0 Å². The normalized spacial score (nSPS) is 11.1. The molecule has 11 heteroatoms. The quantitative estimate of drug-likeness (QED) is 0.259. The van der Waals surface area contributed by atoms with E-state index in [-0.39, 0.29) is 5.57 Å². The van der Waals surface area contributed by atoms with Crippen molar-refractivity contribution in [3.8, 4) is 11.6 Å². The number of benzene rings is 2. The van der Waals surface area contributed by atoms with Gasteiger partial charge in [-0.15, -0.1) is 5.10 Å². The van der Waals surface area contributed by atoms with Gasteiger partial charge in [0.15, 0.2) is 11.6 Å². The van der Waals surface area contributed by atoms with Gasteiger partial charge in [0, 0.05) is 74.3 Å². The summed E-state index contributed by atoms with van der Waals surface area (Å²) in [5, 5.41) is 9.14. The number of nitrogens with two attached hydrogens (primary N) is 1. The topological polar surface area (TPSA) is 118 Å². The molecule has 0 saturated carbocycles. The van der Waals surface area contributed by atoms with E-state index in [4.69, 9.17) is 20.6 Å². The first-order chi connectivity index (χ1) is 19.1. The Bertz CT molecular complexity index is 1530. The Kier molecular flexibility index (Phi) is 8.54. The summed E-state index contributed by atoms with van der Waals surface area (Å²) < 4.78 is 7.53. The number of methoxy groups -OCH3 is 1. The lowest BCUT2D eigenvalue weighted by atomic mass is 10.0. The third kappa shape index (κ3) is 5.84. The van der Waals surface area contributed by atoms with Gasteiger partial charge in [0.05, 0.1) is 18.3 Å². The van der Waals surface area contributed by atoms with Crippen molar-refractivity contribution in [2.24, 2.45) is 5.73 Å². The first-order valence-corrected chi connectivity index (χ1v) is 13.0. The van der Waals surface area contributed by atoms with Crippen LogP contribution in [0.25, 0.3) is 22.3 Å². The molecule has 0 bridgehead atoms. The smallest absolute Gasteiger partial charge is 0.248 e. The maximum atomic E-state index is 12.2. The molecule has 1 amide bonds. The summed E-state index contributed by atoms with van der Waals surface area (Å²) >= 11 is 0. The lowest BCUT2D eigenvalue weighted by Gasteiger charge is -2.26. The second kappa shape index (κ2) is 12.0. The molecule has 40 heavy (non-hydrogen) atoms. The number of anilines is 4. The lowest BCUT2D eigenvalue weighted by Crippen LogP contribution is -2.29. The molecule has 4 aromatic rings. The van der Waals surface area contributed by atoms with E-state index in [9.17, 15) is 4.79 Å². The number of nitrogens with zero attached hydrogens (tertiary/aromatic N) is 7. The molecule has 0 fully saturated rings. The molecule has 0 aliphatic heterocycles. The molecule has 3 N–H and O–H groups in total. The predicted molar refractivity (Wildman–Crippen MR) is 162 cm³/mol. The van der Waals surface area contributed by atoms with Crippen LogP contribution in [0.15, 0.2) is 55.2 Å². The Morgan fingerprint density at radius 1 is 1.10 bits per heavy atom. The number of ether oxygens (including phenoxy) is 1. The van der Waals surface area contributed by atoms with E-state index in [1.807, 2.05) is 62.0 Å². The number of para-hydroxylation sites is 1. The van der Waals surface area contributed by atoms with E-state index in [0.29, 0.717) is 28.8 Å². The SMILES string of the molecule is C=C(C(N)=O)c1cc(Nc2nccc(-n3nc(N(C)CC)c4ccccc43)n2)c(OC)cc1N(C)CCN(C)C. The van der Waals surface area contributed by atoms with Crippen molar-refractivity contribution in [1.29, 1.82) is 0 Å². The summed E-state index contributed by atoms with van der Waals surface area (Å²) in [5.74, 6) is 1.76. The van der Waals surface area contributed by atoms with E-state index in [2.05, 4.69) is 39.7 Å². The maximum absolute atomic E-state index is 12.2. The first kappa shape index (κ1) is 28.4. The molecule has 2 aromatic carbocycles. The van der Waals surface area contributed by atoms with Crippen molar-refractivity contribution in [3.63, 3.8) is 0 Å². The van der Waals surface area contributed by atoms with E-state index >= 15 is 0 Å². The van der Waals surface area contributed by atoms with E-state index in [0.717, 1.165) is 42.0 Å². The van der Waals surface area contributed by atoms with Gasteiger partial charge < -0.3 is 30.5 Å². The van der Waals surface area contributed by atoms with Crippen LogP contribution in [0.5, 0.6) is 5.75 Å². The van der Waals surface area contributed by atoms with Crippen LogP contribution in [-0.4, -0.2) is 85.5 Å². The number of likely N-dealkylation sites (N-methyl/N-ethyl adjacent to an activating group) is 2. The average Bonchev–Trinajstić information content (AvgIpc) is 3.34. The molecular formula is C29H37N9O2. The Morgan fingerprint density at radius 2 is 1.85 bits per heavy atom. The zero-order valence-electron chi connectivity index (χ0n) is 24.0. The number of hydrogen-bond donors (Lipinski definition) is 2. The number of nitrogens with one attached hydrogen (secondary N) is 1. The van der Waals surface area contributed by atoms with Crippen LogP contribution in [0.2, 0.25) is 0 Å². The highest BCUT2D eigenvalue weighted by atomic mass is 16.5. The number of fused-ring (bicyclic) bond motifs is 1. The van der Waals surface area contributed by atoms with Gasteiger partial charge in [0.25, 0.3) is 0 Å². The van der Waals surface area contributed by atoms with Gasteiger partial charge in [-0.2, -0.15) is 4.98 Å². The number of amides is 1. The zero-order chi connectivity index (χ0) is 29.0. The number of primary amides is 1. The fourth-order valence-corrected chi connectivity index (χ4v) is 4.30. The second-order valence-corrected chi connectivity index (χ2v) is 9.77. The van der Waals surface area contributed by atoms with Gasteiger partial charge in [-0.3, -0.25) is 4.79 Å². The van der Waals surface area contributed by atoms with E-state index < -0.39 is 5.91 Å². The fraction of sp³-hybridized carbons (Fsp3) is 0.310. The Hall–Kier alpha value is -4.64.